The molecule has 0 atom stereocenters. The van der Waals surface area contributed by atoms with Gasteiger partial charge in [0.25, 0.3) is 0 Å². The third-order valence-electron chi connectivity index (χ3n) is 1.97. The fraction of sp³-hybridized carbons (Fsp3) is 0.800. The van der Waals surface area contributed by atoms with Gasteiger partial charge in [0.2, 0.25) is 0 Å². The van der Waals surface area contributed by atoms with Crippen LogP contribution >= 0.6 is 24.8 Å². The van der Waals surface area contributed by atoms with Crippen molar-refractivity contribution in [3.8, 4) is 0 Å². The molecule has 0 fully saturated rings. The Hall–Kier alpha value is -0.480. The molecule has 0 saturated heterocycles. The zero-order valence-corrected chi connectivity index (χ0v) is 11.3. The summed E-state index contributed by atoms with van der Waals surface area (Å²) in [4.78, 5) is 21.4. The summed E-state index contributed by atoms with van der Waals surface area (Å²) >= 11 is 0. The highest BCUT2D eigenvalue weighted by molar-refractivity contribution is 5.85. The maximum absolute atomic E-state index is 10.7. The zero-order chi connectivity index (χ0) is 10.8. The largest absolute Gasteiger partial charge is 0.469 e. The summed E-state index contributed by atoms with van der Waals surface area (Å²) in [6, 6.07) is 0. The van der Waals surface area contributed by atoms with Gasteiger partial charge < -0.3 is 9.47 Å². The van der Waals surface area contributed by atoms with Crippen LogP contribution in [-0.2, 0) is 19.1 Å². The van der Waals surface area contributed by atoms with Crippen LogP contribution < -0.4 is 0 Å². The van der Waals surface area contributed by atoms with Crippen LogP contribution in [0.4, 0.5) is 0 Å². The van der Waals surface area contributed by atoms with E-state index in [1.165, 1.54) is 14.2 Å². The standard InChI is InChI=1S/C10H18O4.2ClH/c1-13-9(11)7-5-3-4-6-8-10(12)14-2;;/h3-8H2,1-2H3;2*1H. The van der Waals surface area contributed by atoms with E-state index in [2.05, 4.69) is 9.47 Å². The van der Waals surface area contributed by atoms with E-state index in [9.17, 15) is 9.59 Å². The van der Waals surface area contributed by atoms with Crippen molar-refractivity contribution >= 4 is 36.8 Å². The van der Waals surface area contributed by atoms with E-state index in [1.807, 2.05) is 0 Å². The molecule has 0 heterocycles. The summed E-state index contributed by atoms with van der Waals surface area (Å²) in [5.74, 6) is -0.337. The first kappa shape index (κ1) is 20.9. The molecule has 0 aliphatic heterocycles. The van der Waals surface area contributed by atoms with Gasteiger partial charge in [-0.25, -0.2) is 0 Å². The molecule has 0 radical (unpaired) electrons. The predicted octanol–water partition coefficient (Wildman–Crippen LogP) is 2.52. The van der Waals surface area contributed by atoms with E-state index in [0.717, 1.165) is 25.7 Å². The number of carbonyl (C=O) groups is 2. The van der Waals surface area contributed by atoms with Gasteiger partial charge in [0, 0.05) is 12.8 Å². The van der Waals surface area contributed by atoms with Crippen LogP contribution in [0.2, 0.25) is 0 Å². The van der Waals surface area contributed by atoms with E-state index in [1.54, 1.807) is 0 Å². The Kier molecular flexibility index (Phi) is 18.9. The van der Waals surface area contributed by atoms with Crippen LogP contribution in [0.1, 0.15) is 38.5 Å². The van der Waals surface area contributed by atoms with Crippen LogP contribution in [0.3, 0.4) is 0 Å². The fourth-order valence-electron chi connectivity index (χ4n) is 1.10. The van der Waals surface area contributed by atoms with Gasteiger partial charge in [-0.2, -0.15) is 0 Å². The number of ether oxygens (including phenoxy) is 2. The second-order valence-electron chi connectivity index (χ2n) is 3.07. The first-order chi connectivity index (χ1) is 6.70. The van der Waals surface area contributed by atoms with Crippen molar-refractivity contribution in [3.05, 3.63) is 0 Å². The van der Waals surface area contributed by atoms with E-state index in [-0.39, 0.29) is 36.8 Å². The van der Waals surface area contributed by atoms with Gasteiger partial charge in [-0.3, -0.25) is 9.59 Å². The third kappa shape index (κ3) is 13.5. The van der Waals surface area contributed by atoms with Crippen LogP contribution in [0.15, 0.2) is 0 Å². The Morgan fingerprint density at radius 3 is 1.31 bits per heavy atom. The zero-order valence-electron chi connectivity index (χ0n) is 9.69. The van der Waals surface area contributed by atoms with Gasteiger partial charge >= 0.3 is 11.9 Å². The van der Waals surface area contributed by atoms with E-state index < -0.39 is 0 Å². The minimum absolute atomic E-state index is 0. The van der Waals surface area contributed by atoms with Crippen molar-refractivity contribution in [2.45, 2.75) is 38.5 Å². The fourth-order valence-corrected chi connectivity index (χ4v) is 1.10. The lowest BCUT2D eigenvalue weighted by atomic mass is 10.1. The summed E-state index contributed by atoms with van der Waals surface area (Å²) in [6.07, 6.45) is 4.49. The lowest BCUT2D eigenvalue weighted by Gasteiger charge is -2.00. The SMILES string of the molecule is COC(=O)CCCCCCC(=O)OC.Cl.Cl. The summed E-state index contributed by atoms with van der Waals surface area (Å²) < 4.78 is 9.00. The molecule has 0 rings (SSSR count). The maximum atomic E-state index is 10.7. The Morgan fingerprint density at radius 1 is 0.750 bits per heavy atom. The van der Waals surface area contributed by atoms with Gasteiger partial charge in [-0.05, 0) is 12.8 Å². The average molecular weight is 275 g/mol. The minimum atomic E-state index is -0.169. The molecular formula is C10H20Cl2O4. The normalized spacial score (nSPS) is 8.38. The van der Waals surface area contributed by atoms with Gasteiger partial charge in [0.15, 0.2) is 0 Å². The number of hydrogen-bond donors (Lipinski definition) is 0. The van der Waals surface area contributed by atoms with Crippen molar-refractivity contribution in [2.75, 3.05) is 14.2 Å². The lowest BCUT2D eigenvalue weighted by Crippen LogP contribution is -2.00. The number of hydrogen-bond acceptors (Lipinski definition) is 4. The van der Waals surface area contributed by atoms with E-state index >= 15 is 0 Å². The van der Waals surface area contributed by atoms with Crippen molar-refractivity contribution in [2.24, 2.45) is 0 Å². The molecule has 0 aromatic carbocycles. The Morgan fingerprint density at radius 2 is 1.06 bits per heavy atom. The highest BCUT2D eigenvalue weighted by Crippen LogP contribution is 2.06. The van der Waals surface area contributed by atoms with Gasteiger partial charge in [-0.1, -0.05) is 12.8 Å². The molecular weight excluding hydrogens is 255 g/mol. The van der Waals surface area contributed by atoms with Gasteiger partial charge in [0.1, 0.15) is 0 Å². The highest BCUT2D eigenvalue weighted by Gasteiger charge is 2.01. The molecule has 0 saturated carbocycles. The van der Waals surface area contributed by atoms with Crippen LogP contribution in [0.5, 0.6) is 0 Å². The van der Waals surface area contributed by atoms with Crippen molar-refractivity contribution in [3.63, 3.8) is 0 Å². The molecule has 0 aliphatic carbocycles. The van der Waals surface area contributed by atoms with Crippen LogP contribution in [-0.4, -0.2) is 26.2 Å². The first-order valence-corrected chi connectivity index (χ1v) is 4.84. The molecule has 16 heavy (non-hydrogen) atoms. The number of carbonyl (C=O) groups excluding carboxylic acids is 2. The second kappa shape index (κ2) is 14.5. The molecule has 0 unspecified atom stereocenters. The lowest BCUT2D eigenvalue weighted by molar-refractivity contribution is -0.141. The molecule has 0 aromatic heterocycles. The summed E-state index contributed by atoms with van der Waals surface area (Å²) in [5.41, 5.74) is 0. The van der Waals surface area contributed by atoms with E-state index in [0.29, 0.717) is 12.8 Å². The smallest absolute Gasteiger partial charge is 0.305 e. The quantitative estimate of drug-likeness (QED) is 0.529. The first-order valence-electron chi connectivity index (χ1n) is 4.84. The van der Waals surface area contributed by atoms with Crippen LogP contribution in [0.25, 0.3) is 0 Å². The van der Waals surface area contributed by atoms with Gasteiger partial charge in [-0.15, -0.1) is 24.8 Å². The number of rotatable bonds is 7. The molecule has 0 aliphatic rings. The molecule has 0 bridgehead atoms. The monoisotopic (exact) mass is 274 g/mol. The topological polar surface area (TPSA) is 52.6 Å². The highest BCUT2D eigenvalue weighted by atomic mass is 35.5. The van der Waals surface area contributed by atoms with Crippen molar-refractivity contribution in [1.82, 2.24) is 0 Å². The number of halogens is 2. The van der Waals surface area contributed by atoms with Crippen molar-refractivity contribution < 1.29 is 19.1 Å². The number of esters is 2. The number of unbranched alkanes of at least 4 members (excludes halogenated alkanes) is 3. The summed E-state index contributed by atoms with van der Waals surface area (Å²) in [5, 5.41) is 0. The molecule has 6 heteroatoms. The maximum Gasteiger partial charge on any atom is 0.305 e. The second-order valence-corrected chi connectivity index (χ2v) is 3.07. The Bertz CT molecular complexity index is 166. The van der Waals surface area contributed by atoms with Gasteiger partial charge in [0.05, 0.1) is 14.2 Å². The third-order valence-corrected chi connectivity index (χ3v) is 1.97. The molecule has 0 aromatic rings. The molecule has 0 spiro atoms. The predicted molar refractivity (Wildman–Crippen MR) is 66.2 cm³/mol. The van der Waals surface area contributed by atoms with Crippen LogP contribution in [0, 0.1) is 0 Å². The summed E-state index contributed by atoms with van der Waals surface area (Å²) in [7, 11) is 2.78. The average Bonchev–Trinajstić information content (AvgIpc) is 2.22. The summed E-state index contributed by atoms with van der Waals surface area (Å²) in [6.45, 7) is 0. The van der Waals surface area contributed by atoms with E-state index in [4.69, 9.17) is 0 Å². The Labute approximate surface area is 109 Å². The molecule has 0 N–H and O–H groups in total. The molecule has 4 nitrogen and oxygen atoms in total. The Balaban J connectivity index is -0.000000845. The number of methoxy groups -OCH3 is 2. The molecule has 0 amide bonds. The minimum Gasteiger partial charge on any atom is -0.469 e. The van der Waals surface area contributed by atoms with Crippen molar-refractivity contribution in [1.29, 1.82) is 0 Å². The molecule has 98 valence electrons.